The summed E-state index contributed by atoms with van der Waals surface area (Å²) >= 11 is -3.29. The Kier molecular flexibility index (Phi) is 8.26. The summed E-state index contributed by atoms with van der Waals surface area (Å²) in [4.78, 5) is 10.7. The third kappa shape index (κ3) is 6.93. The topological polar surface area (TPSA) is 54.5 Å². The van der Waals surface area contributed by atoms with Gasteiger partial charge in [-0.2, -0.15) is 0 Å². The van der Waals surface area contributed by atoms with E-state index in [1.54, 1.807) is 6.92 Å². The van der Waals surface area contributed by atoms with Gasteiger partial charge in [-0.15, -0.1) is 36.6 Å². The van der Waals surface area contributed by atoms with E-state index >= 15 is 0 Å². The molecule has 0 aliphatic carbocycles. The molecule has 0 aromatic heterocycles. The Hall–Kier alpha value is -0.561. The zero-order valence-corrected chi connectivity index (χ0v) is 19.0. The summed E-state index contributed by atoms with van der Waals surface area (Å²) < 4.78 is 5.06. The van der Waals surface area contributed by atoms with E-state index < -0.39 is 15.0 Å². The molecule has 0 atom stereocenters. The molecule has 0 bridgehead atoms. The average molecular weight is 508 g/mol. The van der Waals surface area contributed by atoms with Crippen LogP contribution >= 0.6 is 26.8 Å². The van der Waals surface area contributed by atoms with Crippen LogP contribution in [0.1, 0.15) is 24.5 Å². The number of carbonyl (C=O) groups is 1. The van der Waals surface area contributed by atoms with E-state index in [1.807, 2.05) is 0 Å². The number of carbonyl (C=O) groups excluding carboxylic acids is 1. The van der Waals surface area contributed by atoms with Gasteiger partial charge in [0.1, 0.15) is 0 Å². The summed E-state index contributed by atoms with van der Waals surface area (Å²) in [6, 6.07) is 4.22. The van der Waals surface area contributed by atoms with Crippen LogP contribution < -0.4 is 0 Å². The summed E-state index contributed by atoms with van der Waals surface area (Å²) in [6.07, 6.45) is 8.63. The fourth-order valence-corrected chi connectivity index (χ4v) is 5.63. The van der Waals surface area contributed by atoms with Gasteiger partial charge in [0, 0.05) is 0 Å². The summed E-state index contributed by atoms with van der Waals surface area (Å²) in [7, 11) is 16.8. The Balaban J connectivity index is 0.000000188. The van der Waals surface area contributed by atoms with Crippen molar-refractivity contribution >= 4 is 71.3 Å². The van der Waals surface area contributed by atoms with E-state index in [2.05, 4.69) is 51.8 Å². The van der Waals surface area contributed by atoms with Crippen molar-refractivity contribution in [2.75, 3.05) is 19.7 Å². The first-order valence-electron chi connectivity index (χ1n) is 7.98. The predicted molar refractivity (Wildman–Crippen MR) is 110 cm³/mol. The van der Waals surface area contributed by atoms with Crippen LogP contribution in [0, 0.1) is 0 Å². The SMILES string of the molecule is C1=Cc2ccc3c(c2[N-]C1)[N-]CC=C3.CCOC(=O)C[CH2][Sn]([Cl])([Cl])[Cl]. The van der Waals surface area contributed by atoms with Crippen molar-refractivity contribution < 1.29 is 9.53 Å². The molecule has 0 radical (unpaired) electrons. The van der Waals surface area contributed by atoms with Crippen LogP contribution in [-0.4, -0.2) is 40.7 Å². The van der Waals surface area contributed by atoms with Gasteiger partial charge in [0.15, 0.2) is 0 Å². The third-order valence-electron chi connectivity index (χ3n) is 3.44. The fourth-order valence-electron chi connectivity index (χ4n) is 2.34. The predicted octanol–water partition coefficient (Wildman–Crippen LogP) is 6.35. The molecule has 0 amide bonds. The molecule has 0 N–H and O–H groups in total. The van der Waals surface area contributed by atoms with Gasteiger partial charge in [-0.1, -0.05) is 24.3 Å². The van der Waals surface area contributed by atoms with Crippen molar-refractivity contribution in [2.45, 2.75) is 17.8 Å². The quantitative estimate of drug-likeness (QED) is 0.352. The van der Waals surface area contributed by atoms with E-state index in [0.717, 1.165) is 24.5 Å². The Morgan fingerprint density at radius 1 is 1.08 bits per heavy atom. The minimum absolute atomic E-state index is 0.237. The van der Waals surface area contributed by atoms with Gasteiger partial charge in [0.05, 0.1) is 0 Å². The molecule has 4 nitrogen and oxygen atoms in total. The third-order valence-corrected chi connectivity index (χ3v) is 9.57. The van der Waals surface area contributed by atoms with Crippen molar-refractivity contribution in [2.24, 2.45) is 0 Å². The van der Waals surface area contributed by atoms with Gasteiger partial charge < -0.3 is 10.6 Å². The molecule has 8 heteroatoms. The average Bonchev–Trinajstić information content (AvgIpc) is 2.60. The first-order chi connectivity index (χ1) is 11.9. The van der Waals surface area contributed by atoms with Crippen LogP contribution in [0.4, 0.5) is 11.4 Å². The van der Waals surface area contributed by atoms with Crippen LogP contribution in [0.3, 0.4) is 0 Å². The first-order valence-corrected chi connectivity index (χ1v) is 20.8. The molecular weight excluding hydrogens is 489 g/mol. The number of ether oxygens (including phenoxy) is 1. The van der Waals surface area contributed by atoms with E-state index in [4.69, 9.17) is 26.8 Å². The van der Waals surface area contributed by atoms with Crippen LogP contribution in [0.15, 0.2) is 24.3 Å². The van der Waals surface area contributed by atoms with Crippen molar-refractivity contribution in [3.63, 3.8) is 0 Å². The Labute approximate surface area is 163 Å². The standard InChI is InChI=1S/C12H10N2.C5H9O2.3ClH.Sn/c1-3-9-5-6-10-4-2-8-14-12(10)11(9)13-7-1;1-3-5(6)7-4-2;;;;/h1-6H,7-8H2;1,3-4H2,2H3;3*1H;/q-2;;;;;+3/p-3. The molecule has 0 saturated heterocycles. The number of rotatable bonds is 4. The van der Waals surface area contributed by atoms with Gasteiger partial charge >= 0.3 is 81.6 Å². The number of halogens is 3. The Bertz CT molecular complexity index is 632. The zero-order valence-electron chi connectivity index (χ0n) is 13.8. The van der Waals surface area contributed by atoms with Gasteiger partial charge in [-0.25, -0.2) is 0 Å². The molecule has 136 valence electrons. The van der Waals surface area contributed by atoms with Crippen LogP contribution in [0.5, 0.6) is 0 Å². The van der Waals surface area contributed by atoms with Gasteiger partial charge in [0.25, 0.3) is 0 Å². The first kappa shape index (κ1) is 20.7. The minimum atomic E-state index is -3.29. The van der Waals surface area contributed by atoms with E-state index in [9.17, 15) is 4.79 Å². The second-order valence-electron chi connectivity index (χ2n) is 5.35. The molecule has 0 spiro atoms. The van der Waals surface area contributed by atoms with Crippen LogP contribution in [0.25, 0.3) is 22.8 Å². The number of benzene rings is 1. The van der Waals surface area contributed by atoms with Crippen molar-refractivity contribution in [3.8, 4) is 0 Å². The molecule has 0 fully saturated rings. The number of hydrogen-bond donors (Lipinski definition) is 0. The zero-order chi connectivity index (χ0) is 18.3. The Morgan fingerprint density at radius 2 is 1.60 bits per heavy atom. The number of hydrogen-bond acceptors (Lipinski definition) is 2. The Morgan fingerprint density at radius 3 is 2.04 bits per heavy atom. The fraction of sp³-hybridized carbons (Fsp3) is 0.353. The molecule has 2 aliphatic rings. The van der Waals surface area contributed by atoms with E-state index in [-0.39, 0.29) is 12.4 Å². The maximum atomic E-state index is 10.7. The van der Waals surface area contributed by atoms with Crippen LogP contribution in [-0.2, 0) is 9.53 Å². The van der Waals surface area contributed by atoms with Crippen molar-refractivity contribution in [1.29, 1.82) is 0 Å². The van der Waals surface area contributed by atoms with Gasteiger partial charge in [-0.3, -0.25) is 0 Å². The van der Waals surface area contributed by atoms with E-state index in [0.29, 0.717) is 11.0 Å². The van der Waals surface area contributed by atoms with E-state index in [1.165, 1.54) is 11.1 Å². The van der Waals surface area contributed by atoms with Crippen molar-refractivity contribution in [3.05, 3.63) is 46.0 Å². The summed E-state index contributed by atoms with van der Waals surface area (Å²) in [5.41, 5.74) is 4.51. The second-order valence-corrected chi connectivity index (χ2v) is 27.2. The molecule has 3 rings (SSSR count). The van der Waals surface area contributed by atoms with Crippen molar-refractivity contribution in [1.82, 2.24) is 0 Å². The summed E-state index contributed by atoms with van der Waals surface area (Å²) in [5, 5.41) is 8.98. The number of fused-ring (bicyclic) bond motifs is 3. The molecule has 1 aromatic carbocycles. The normalized spacial score (nSPS) is 14.2. The van der Waals surface area contributed by atoms with Gasteiger partial charge in [-0.05, 0) is 11.1 Å². The molecule has 2 aliphatic heterocycles. The molecule has 1 aromatic rings. The number of nitrogens with zero attached hydrogens (tertiary/aromatic N) is 2. The molecule has 0 saturated carbocycles. The molecule has 0 unspecified atom stereocenters. The van der Waals surface area contributed by atoms with Crippen LogP contribution in [0.2, 0.25) is 4.44 Å². The molecule has 25 heavy (non-hydrogen) atoms. The van der Waals surface area contributed by atoms with Gasteiger partial charge in [0.2, 0.25) is 0 Å². The maximum absolute atomic E-state index is 10.7. The molecule has 2 heterocycles. The summed E-state index contributed by atoms with van der Waals surface area (Å²) in [6.45, 7) is 3.69. The second kappa shape index (κ2) is 9.95. The molecular formula is C17H19Cl3N2O2Sn-2. The monoisotopic (exact) mass is 508 g/mol. The number of esters is 1. The summed E-state index contributed by atoms with van der Waals surface area (Å²) in [5.74, 6) is -0.282.